The maximum Gasteiger partial charge on any atom is 0.419 e. The number of aromatic nitrogens is 4. The van der Waals surface area contributed by atoms with E-state index in [0.29, 0.717) is 37.6 Å². The van der Waals surface area contributed by atoms with E-state index in [2.05, 4.69) is 20.4 Å². The number of carbonyl (C=O) groups excluding carboxylic acids is 1. The van der Waals surface area contributed by atoms with E-state index in [0.717, 1.165) is 31.9 Å². The van der Waals surface area contributed by atoms with Crippen LogP contribution >= 0.6 is 0 Å². The van der Waals surface area contributed by atoms with Gasteiger partial charge in [0, 0.05) is 47.8 Å². The van der Waals surface area contributed by atoms with E-state index in [1.165, 1.54) is 6.20 Å². The third-order valence-electron chi connectivity index (χ3n) is 7.02. The molecule has 12 heteroatoms. The number of carbonyl (C=O) groups is 1. The average Bonchev–Trinajstić information content (AvgIpc) is 3.55. The standard InChI is InChI=1S/C25H28F3N7O2/c26-25(27,28)20-12-30-23(32-18-3-5-19(6-4-18)35-9-10-37-14-21(35)36)33-22(20)17-11-31-34(13-17)16-24(15-29)7-1-2-8-24/h3-6,11-13H,1-2,7-10,14-16,29H2,(H,30,32,33). The van der Waals surface area contributed by atoms with Gasteiger partial charge in [-0.2, -0.15) is 18.3 Å². The van der Waals surface area contributed by atoms with E-state index in [1.54, 1.807) is 40.0 Å². The molecule has 9 nitrogen and oxygen atoms in total. The van der Waals surface area contributed by atoms with Gasteiger partial charge in [-0.1, -0.05) is 12.8 Å². The van der Waals surface area contributed by atoms with E-state index in [-0.39, 0.29) is 35.1 Å². The molecule has 1 aliphatic heterocycles. The molecular formula is C25H28F3N7O2. The molecule has 1 saturated heterocycles. The first-order valence-corrected chi connectivity index (χ1v) is 12.2. The Bertz CT molecular complexity index is 1250. The van der Waals surface area contributed by atoms with Crippen LogP contribution in [0.3, 0.4) is 0 Å². The Morgan fingerprint density at radius 1 is 1.14 bits per heavy atom. The average molecular weight is 516 g/mol. The number of benzene rings is 1. The van der Waals surface area contributed by atoms with Crippen molar-refractivity contribution in [3.63, 3.8) is 0 Å². The summed E-state index contributed by atoms with van der Waals surface area (Å²) in [6, 6.07) is 6.92. The second-order valence-electron chi connectivity index (χ2n) is 9.56. The number of morpholine rings is 1. The zero-order valence-corrected chi connectivity index (χ0v) is 20.2. The Hall–Kier alpha value is -3.51. The van der Waals surface area contributed by atoms with Gasteiger partial charge in [0.25, 0.3) is 5.91 Å². The monoisotopic (exact) mass is 515 g/mol. The molecule has 2 fully saturated rings. The Morgan fingerprint density at radius 3 is 2.57 bits per heavy atom. The zero-order valence-electron chi connectivity index (χ0n) is 20.2. The molecule has 5 rings (SSSR count). The zero-order chi connectivity index (χ0) is 26.0. The lowest BCUT2D eigenvalue weighted by atomic mass is 9.86. The molecule has 196 valence electrons. The van der Waals surface area contributed by atoms with Gasteiger partial charge in [0.15, 0.2) is 0 Å². The number of anilines is 3. The lowest BCUT2D eigenvalue weighted by molar-refractivity contribution is -0.137. The quantitative estimate of drug-likeness (QED) is 0.490. The van der Waals surface area contributed by atoms with Gasteiger partial charge in [-0.15, -0.1) is 0 Å². The summed E-state index contributed by atoms with van der Waals surface area (Å²) in [6.45, 7) is 2.01. The molecular weight excluding hydrogens is 487 g/mol. The van der Waals surface area contributed by atoms with E-state index >= 15 is 0 Å². The van der Waals surface area contributed by atoms with Crippen LogP contribution in [0.4, 0.5) is 30.5 Å². The summed E-state index contributed by atoms with van der Waals surface area (Å²) in [4.78, 5) is 21.8. The van der Waals surface area contributed by atoms with Crippen LogP contribution in [0, 0.1) is 5.41 Å². The van der Waals surface area contributed by atoms with Crippen LogP contribution in [-0.4, -0.2) is 52.0 Å². The molecule has 3 N–H and O–H groups in total. The van der Waals surface area contributed by atoms with E-state index in [9.17, 15) is 18.0 Å². The van der Waals surface area contributed by atoms with Crippen LogP contribution in [0.15, 0.2) is 42.9 Å². The van der Waals surface area contributed by atoms with Gasteiger partial charge in [0.2, 0.25) is 5.95 Å². The predicted molar refractivity (Wildman–Crippen MR) is 131 cm³/mol. The number of hydrogen-bond donors (Lipinski definition) is 2. The highest BCUT2D eigenvalue weighted by molar-refractivity contribution is 5.95. The Labute approximate surface area is 211 Å². The predicted octanol–water partition coefficient (Wildman–Crippen LogP) is 3.98. The second-order valence-corrected chi connectivity index (χ2v) is 9.56. The molecule has 1 amide bonds. The minimum absolute atomic E-state index is 0.0140. The highest BCUT2D eigenvalue weighted by Crippen LogP contribution is 2.40. The Balaban J connectivity index is 1.38. The van der Waals surface area contributed by atoms with Crippen molar-refractivity contribution in [1.82, 2.24) is 19.7 Å². The van der Waals surface area contributed by atoms with E-state index in [1.807, 2.05) is 0 Å². The molecule has 0 bridgehead atoms. The minimum Gasteiger partial charge on any atom is -0.370 e. The summed E-state index contributed by atoms with van der Waals surface area (Å²) in [6.07, 6.45) is 3.27. The molecule has 3 heterocycles. The van der Waals surface area contributed by atoms with Crippen molar-refractivity contribution in [3.8, 4) is 11.3 Å². The largest absolute Gasteiger partial charge is 0.419 e. The van der Waals surface area contributed by atoms with Crippen molar-refractivity contribution in [2.24, 2.45) is 11.1 Å². The second kappa shape index (κ2) is 10.1. The third kappa shape index (κ3) is 5.44. The number of nitrogens with one attached hydrogen (secondary N) is 1. The van der Waals surface area contributed by atoms with Crippen LogP contribution in [0.2, 0.25) is 0 Å². The summed E-state index contributed by atoms with van der Waals surface area (Å²) < 4.78 is 48.2. The van der Waals surface area contributed by atoms with Crippen molar-refractivity contribution in [2.75, 3.05) is 36.5 Å². The van der Waals surface area contributed by atoms with Crippen LogP contribution in [-0.2, 0) is 22.3 Å². The fourth-order valence-electron chi connectivity index (χ4n) is 4.98. The molecule has 0 spiro atoms. The Morgan fingerprint density at radius 2 is 1.89 bits per heavy atom. The number of hydrogen-bond acceptors (Lipinski definition) is 7. The number of nitrogens with two attached hydrogens (primary N) is 1. The summed E-state index contributed by atoms with van der Waals surface area (Å²) in [5, 5.41) is 7.27. The van der Waals surface area contributed by atoms with Crippen molar-refractivity contribution < 1.29 is 22.7 Å². The third-order valence-corrected chi connectivity index (χ3v) is 7.02. The lowest BCUT2D eigenvalue weighted by Crippen LogP contribution is -2.41. The van der Waals surface area contributed by atoms with Gasteiger partial charge >= 0.3 is 6.18 Å². The number of halogens is 3. The number of ether oxygens (including phenoxy) is 1. The van der Waals surface area contributed by atoms with Gasteiger partial charge < -0.3 is 20.7 Å². The van der Waals surface area contributed by atoms with Crippen LogP contribution in [0.5, 0.6) is 0 Å². The van der Waals surface area contributed by atoms with Crippen LogP contribution in [0.1, 0.15) is 31.2 Å². The summed E-state index contributed by atoms with van der Waals surface area (Å²) >= 11 is 0. The first-order chi connectivity index (χ1) is 17.8. The molecule has 1 saturated carbocycles. The number of amides is 1. The van der Waals surface area contributed by atoms with Gasteiger partial charge in [-0.25, -0.2) is 9.97 Å². The fourth-order valence-corrected chi connectivity index (χ4v) is 4.98. The van der Waals surface area contributed by atoms with Gasteiger partial charge in [-0.05, 0) is 43.7 Å². The van der Waals surface area contributed by atoms with Crippen molar-refractivity contribution in [2.45, 2.75) is 38.4 Å². The topological polar surface area (TPSA) is 111 Å². The molecule has 0 unspecified atom stereocenters. The van der Waals surface area contributed by atoms with Gasteiger partial charge in [0.05, 0.1) is 18.5 Å². The Kier molecular flexibility index (Phi) is 6.86. The molecule has 0 atom stereocenters. The maximum absolute atomic E-state index is 13.8. The van der Waals surface area contributed by atoms with Crippen molar-refractivity contribution in [1.29, 1.82) is 0 Å². The fraction of sp³-hybridized carbons (Fsp3) is 0.440. The molecule has 1 aromatic carbocycles. The smallest absolute Gasteiger partial charge is 0.370 e. The molecule has 3 aromatic rings. The van der Waals surface area contributed by atoms with Crippen LogP contribution < -0.4 is 16.0 Å². The maximum atomic E-state index is 13.8. The van der Waals surface area contributed by atoms with E-state index in [4.69, 9.17) is 10.5 Å². The molecule has 0 radical (unpaired) electrons. The van der Waals surface area contributed by atoms with Crippen molar-refractivity contribution in [3.05, 3.63) is 48.4 Å². The summed E-state index contributed by atoms with van der Waals surface area (Å²) in [7, 11) is 0. The number of nitrogens with zero attached hydrogens (tertiary/aromatic N) is 5. The summed E-state index contributed by atoms with van der Waals surface area (Å²) in [5.41, 5.74) is 6.29. The molecule has 2 aliphatic rings. The van der Waals surface area contributed by atoms with E-state index < -0.39 is 11.7 Å². The number of alkyl halides is 3. The number of rotatable bonds is 7. The normalized spacial score (nSPS) is 17.8. The highest BCUT2D eigenvalue weighted by atomic mass is 19.4. The van der Waals surface area contributed by atoms with Crippen LogP contribution in [0.25, 0.3) is 11.3 Å². The minimum atomic E-state index is -4.63. The lowest BCUT2D eigenvalue weighted by Gasteiger charge is -2.27. The first kappa shape index (κ1) is 25.2. The molecule has 2 aromatic heterocycles. The first-order valence-electron chi connectivity index (χ1n) is 12.2. The van der Waals surface area contributed by atoms with Gasteiger partial charge in [-0.3, -0.25) is 9.48 Å². The summed E-state index contributed by atoms with van der Waals surface area (Å²) in [5.74, 6) is -0.117. The molecule has 37 heavy (non-hydrogen) atoms. The van der Waals surface area contributed by atoms with Gasteiger partial charge in [0.1, 0.15) is 12.2 Å². The van der Waals surface area contributed by atoms with Crippen molar-refractivity contribution >= 4 is 23.2 Å². The SMILES string of the molecule is NCC1(Cn2cc(-c3nc(Nc4ccc(N5CCOCC5=O)cc4)ncc3C(F)(F)F)cn2)CCCC1. The molecule has 1 aliphatic carbocycles. The highest BCUT2D eigenvalue weighted by Gasteiger charge is 2.37.